The summed E-state index contributed by atoms with van der Waals surface area (Å²) in [6, 6.07) is 8.36. The van der Waals surface area contributed by atoms with Crippen LogP contribution in [0, 0.1) is 0 Å². The van der Waals surface area contributed by atoms with Crippen molar-refractivity contribution in [1.82, 2.24) is 9.21 Å². The molecule has 1 aromatic heterocycles. The molecule has 3 aliphatic heterocycles. The summed E-state index contributed by atoms with van der Waals surface area (Å²) in [6.45, 7) is 2.78. The molecular formula is C25H30F3N3O5S2. The van der Waals surface area contributed by atoms with Gasteiger partial charge in [0.15, 0.2) is 5.60 Å². The number of aliphatic hydroxyl groups is 1. The Morgan fingerprint density at radius 3 is 2.32 bits per heavy atom. The second kappa shape index (κ2) is 10.2. The van der Waals surface area contributed by atoms with Crippen LogP contribution in [0.1, 0.15) is 25.3 Å². The SMILES string of the molecule is CC(O)(c1ccc(N2CCN(S(=O)(=O)c3cccs3)CC2CN2C3COCC2CC(=O)C3)cc1)C(F)(F)F. The second-order valence-corrected chi connectivity index (χ2v) is 13.4. The fourth-order valence-corrected chi connectivity index (χ4v) is 8.17. The number of piperazine rings is 1. The Bertz CT molecular complexity index is 1240. The summed E-state index contributed by atoms with van der Waals surface area (Å²) in [5, 5.41) is 11.8. The van der Waals surface area contributed by atoms with E-state index in [0.29, 0.717) is 44.8 Å². The van der Waals surface area contributed by atoms with Crippen molar-refractivity contribution in [3.8, 4) is 0 Å². The predicted molar refractivity (Wildman–Crippen MR) is 136 cm³/mol. The summed E-state index contributed by atoms with van der Waals surface area (Å²) < 4.78 is 74.1. The number of anilines is 1. The van der Waals surface area contributed by atoms with Crippen molar-refractivity contribution in [2.24, 2.45) is 0 Å². The van der Waals surface area contributed by atoms with E-state index in [1.54, 1.807) is 17.5 Å². The van der Waals surface area contributed by atoms with Crippen molar-refractivity contribution in [1.29, 1.82) is 0 Å². The molecule has 0 aliphatic carbocycles. The Balaban J connectivity index is 1.43. The van der Waals surface area contributed by atoms with Gasteiger partial charge in [-0.1, -0.05) is 18.2 Å². The van der Waals surface area contributed by atoms with E-state index >= 15 is 0 Å². The number of piperidine rings is 1. The first kappa shape index (κ1) is 27.5. The van der Waals surface area contributed by atoms with Gasteiger partial charge in [0.05, 0.1) is 19.3 Å². The smallest absolute Gasteiger partial charge is 0.378 e. The van der Waals surface area contributed by atoms with Crippen LogP contribution >= 0.6 is 11.3 Å². The molecule has 0 spiro atoms. The lowest BCUT2D eigenvalue weighted by atomic mass is 9.92. The number of benzene rings is 1. The number of sulfonamides is 1. The largest absolute Gasteiger partial charge is 0.421 e. The minimum absolute atomic E-state index is 0.0922. The zero-order chi connectivity index (χ0) is 27.3. The van der Waals surface area contributed by atoms with Crippen LogP contribution in [0.25, 0.3) is 0 Å². The molecule has 2 bridgehead atoms. The zero-order valence-corrected chi connectivity index (χ0v) is 22.4. The predicted octanol–water partition coefficient (Wildman–Crippen LogP) is 2.83. The van der Waals surface area contributed by atoms with Gasteiger partial charge in [0.25, 0.3) is 10.0 Å². The fraction of sp³-hybridized carbons (Fsp3) is 0.560. The average molecular weight is 574 g/mol. The van der Waals surface area contributed by atoms with Gasteiger partial charge in [-0.2, -0.15) is 17.5 Å². The third kappa shape index (κ3) is 5.11. The van der Waals surface area contributed by atoms with E-state index in [0.717, 1.165) is 18.3 Å². The van der Waals surface area contributed by atoms with Gasteiger partial charge in [-0.05, 0) is 36.1 Å². The summed E-state index contributed by atoms with van der Waals surface area (Å²) in [5.74, 6) is 0.189. The molecule has 5 rings (SSSR count). The molecule has 3 saturated heterocycles. The first-order valence-electron chi connectivity index (χ1n) is 12.4. The lowest BCUT2D eigenvalue weighted by Crippen LogP contribution is -2.64. The number of halogens is 3. The lowest BCUT2D eigenvalue weighted by molar-refractivity contribution is -0.258. The Kier molecular flexibility index (Phi) is 7.37. The number of fused-ring (bicyclic) bond motifs is 2. The number of ether oxygens (including phenoxy) is 1. The fourth-order valence-electron chi connectivity index (χ4n) is 5.55. The first-order chi connectivity index (χ1) is 17.9. The molecule has 38 heavy (non-hydrogen) atoms. The van der Waals surface area contributed by atoms with Gasteiger partial charge in [0, 0.05) is 56.8 Å². The molecule has 8 nitrogen and oxygen atoms in total. The van der Waals surface area contributed by atoms with E-state index in [9.17, 15) is 31.5 Å². The van der Waals surface area contributed by atoms with E-state index in [1.807, 2.05) is 4.90 Å². The highest BCUT2D eigenvalue weighted by Crippen LogP contribution is 2.39. The van der Waals surface area contributed by atoms with Gasteiger partial charge >= 0.3 is 6.18 Å². The van der Waals surface area contributed by atoms with Crippen molar-refractivity contribution >= 4 is 32.8 Å². The Hall–Kier alpha value is -2.03. The van der Waals surface area contributed by atoms with E-state index in [2.05, 4.69) is 4.90 Å². The third-order valence-corrected chi connectivity index (χ3v) is 11.0. The van der Waals surface area contributed by atoms with Crippen molar-refractivity contribution in [3.05, 3.63) is 47.3 Å². The number of carbonyl (C=O) groups excluding carboxylic acids is 1. The van der Waals surface area contributed by atoms with Gasteiger partial charge in [0.2, 0.25) is 0 Å². The van der Waals surface area contributed by atoms with E-state index in [1.165, 1.54) is 28.6 Å². The number of thiophene rings is 1. The summed E-state index contributed by atoms with van der Waals surface area (Å²) in [4.78, 5) is 16.5. The number of rotatable bonds is 6. The highest BCUT2D eigenvalue weighted by Gasteiger charge is 2.51. The number of ketones is 1. The second-order valence-electron chi connectivity index (χ2n) is 10.2. The van der Waals surface area contributed by atoms with E-state index in [4.69, 9.17) is 4.74 Å². The Labute approximate surface area is 223 Å². The van der Waals surface area contributed by atoms with Gasteiger partial charge < -0.3 is 14.7 Å². The molecule has 4 heterocycles. The molecule has 2 aromatic rings. The van der Waals surface area contributed by atoms with Crippen LogP contribution in [0.5, 0.6) is 0 Å². The number of hydrogen-bond donors (Lipinski definition) is 1. The first-order valence-corrected chi connectivity index (χ1v) is 14.7. The van der Waals surface area contributed by atoms with Crippen LogP contribution in [-0.4, -0.2) is 92.2 Å². The van der Waals surface area contributed by atoms with Crippen LogP contribution in [0.4, 0.5) is 18.9 Å². The van der Waals surface area contributed by atoms with Crippen molar-refractivity contribution in [2.45, 2.75) is 53.9 Å². The summed E-state index contributed by atoms with van der Waals surface area (Å²) in [5.41, 5.74) is -2.62. The maximum atomic E-state index is 13.3. The molecule has 1 aromatic carbocycles. The van der Waals surface area contributed by atoms with Gasteiger partial charge in [-0.25, -0.2) is 8.42 Å². The third-order valence-electron chi connectivity index (χ3n) is 7.75. The average Bonchev–Trinajstić information content (AvgIpc) is 3.40. The summed E-state index contributed by atoms with van der Waals surface area (Å²) >= 11 is 1.15. The Morgan fingerprint density at radius 2 is 1.74 bits per heavy atom. The molecule has 13 heteroatoms. The quantitative estimate of drug-likeness (QED) is 0.569. The van der Waals surface area contributed by atoms with Crippen molar-refractivity contribution in [2.75, 3.05) is 44.3 Å². The normalized spacial score (nSPS) is 27.3. The monoisotopic (exact) mass is 573 g/mol. The van der Waals surface area contributed by atoms with Crippen LogP contribution < -0.4 is 4.90 Å². The molecule has 0 radical (unpaired) electrons. The zero-order valence-electron chi connectivity index (χ0n) is 20.8. The molecule has 3 fully saturated rings. The number of hydrogen-bond acceptors (Lipinski definition) is 8. The molecule has 3 aliphatic rings. The van der Waals surface area contributed by atoms with Crippen LogP contribution in [0.2, 0.25) is 0 Å². The van der Waals surface area contributed by atoms with Crippen molar-refractivity contribution in [3.63, 3.8) is 0 Å². The van der Waals surface area contributed by atoms with E-state index < -0.39 is 21.8 Å². The molecule has 208 valence electrons. The minimum atomic E-state index is -4.83. The molecule has 1 N–H and O–H groups in total. The Morgan fingerprint density at radius 1 is 1.08 bits per heavy atom. The summed E-state index contributed by atoms with van der Waals surface area (Å²) in [6.07, 6.45) is -4.08. The topological polar surface area (TPSA) is 90.4 Å². The van der Waals surface area contributed by atoms with Gasteiger partial charge in [0.1, 0.15) is 9.99 Å². The number of nitrogens with zero attached hydrogens (tertiary/aromatic N) is 3. The maximum absolute atomic E-state index is 13.3. The number of alkyl halides is 3. The molecular weight excluding hydrogens is 543 g/mol. The number of carbonyl (C=O) groups is 1. The molecule has 4 atom stereocenters. The molecule has 0 amide bonds. The van der Waals surface area contributed by atoms with Crippen LogP contribution in [-0.2, 0) is 25.2 Å². The minimum Gasteiger partial charge on any atom is -0.378 e. The standard InChI is InChI=1S/C25H30F3N3O5S2/c1-24(33,25(26,27)28)17-4-6-18(7-5-17)30-9-8-29(38(34,35)23-3-2-10-37-23)13-21(30)14-31-19-11-22(32)12-20(31)16-36-15-19/h2-7,10,19-21,33H,8-9,11-16H2,1H3. The highest BCUT2D eigenvalue weighted by molar-refractivity contribution is 7.91. The van der Waals surface area contributed by atoms with Crippen molar-refractivity contribution < 1.29 is 36.2 Å². The summed E-state index contributed by atoms with van der Waals surface area (Å²) in [7, 11) is -3.70. The maximum Gasteiger partial charge on any atom is 0.421 e. The lowest BCUT2D eigenvalue weighted by Gasteiger charge is -2.50. The van der Waals surface area contributed by atoms with Crippen LogP contribution in [0.15, 0.2) is 46.0 Å². The van der Waals surface area contributed by atoms with E-state index in [-0.39, 0.29) is 46.8 Å². The molecule has 0 saturated carbocycles. The number of Topliss-reactive ketones (excluding diaryl/α,β-unsaturated/α-hetero) is 1. The van der Waals surface area contributed by atoms with Gasteiger partial charge in [-0.3, -0.25) is 9.69 Å². The highest BCUT2D eigenvalue weighted by atomic mass is 32.2. The van der Waals surface area contributed by atoms with Crippen LogP contribution in [0.3, 0.4) is 0 Å². The van der Waals surface area contributed by atoms with Gasteiger partial charge in [-0.15, -0.1) is 11.3 Å². The molecule has 4 unspecified atom stereocenters. The number of morpholine rings is 1.